The van der Waals surface area contributed by atoms with Gasteiger partial charge in [0.25, 0.3) is 12.3 Å². The molecule has 3 aromatic rings. The van der Waals surface area contributed by atoms with E-state index in [-0.39, 0.29) is 37.2 Å². The van der Waals surface area contributed by atoms with E-state index in [1.54, 1.807) is 36.4 Å². The standard InChI is InChI=1S/C29H30F7N3O3/c1-28(32,33)27-37-23(38-42-27)8-3-2-4-13-39(26(41)20-14-21(15-20)29(34,35)36)22-7-5-6-19(16-22)17-9-11-18(12-10-17)24(40)25(30)31/h5-7,9-12,16,20-21,24-25,40H,2-4,8,13-15H2,1H3/t20-,21-,24?. The lowest BCUT2D eigenvalue weighted by molar-refractivity contribution is -0.204. The molecule has 1 unspecified atom stereocenters. The van der Waals surface area contributed by atoms with Gasteiger partial charge in [-0.05, 0) is 54.5 Å². The van der Waals surface area contributed by atoms with Crippen molar-refractivity contribution < 1.29 is 45.2 Å². The molecular formula is C29H30F7N3O3. The van der Waals surface area contributed by atoms with Gasteiger partial charge in [-0.15, -0.1) is 0 Å². The van der Waals surface area contributed by atoms with Crippen LogP contribution >= 0.6 is 0 Å². The molecule has 228 valence electrons. The fourth-order valence-corrected chi connectivity index (χ4v) is 4.81. The van der Waals surface area contributed by atoms with E-state index in [0.717, 1.165) is 0 Å². The first-order chi connectivity index (χ1) is 19.7. The smallest absolute Gasteiger partial charge is 0.382 e. The molecule has 0 bridgehead atoms. The van der Waals surface area contributed by atoms with Crippen LogP contribution in [0.2, 0.25) is 0 Å². The van der Waals surface area contributed by atoms with Crippen LogP contribution in [0.4, 0.5) is 36.4 Å². The number of aromatic nitrogens is 2. The average molecular weight is 602 g/mol. The number of anilines is 1. The molecular weight excluding hydrogens is 571 g/mol. The molecule has 0 radical (unpaired) electrons. The van der Waals surface area contributed by atoms with Crippen LogP contribution in [-0.4, -0.2) is 40.3 Å². The number of benzene rings is 2. The van der Waals surface area contributed by atoms with E-state index in [2.05, 4.69) is 14.7 Å². The first kappa shape index (κ1) is 31.5. The third kappa shape index (κ3) is 7.67. The van der Waals surface area contributed by atoms with Crippen molar-refractivity contribution in [3.8, 4) is 11.1 Å². The molecule has 1 N–H and O–H groups in total. The van der Waals surface area contributed by atoms with Gasteiger partial charge in [-0.25, -0.2) is 8.78 Å². The molecule has 4 rings (SSSR count). The highest BCUT2D eigenvalue weighted by Crippen LogP contribution is 2.46. The Kier molecular flexibility index (Phi) is 9.59. The van der Waals surface area contributed by atoms with Crippen molar-refractivity contribution in [3.05, 3.63) is 65.8 Å². The van der Waals surface area contributed by atoms with Crippen LogP contribution in [0.5, 0.6) is 0 Å². The fraction of sp³-hybridized carbons (Fsp3) is 0.483. The normalized spacial score (nSPS) is 18.1. The summed E-state index contributed by atoms with van der Waals surface area (Å²) in [4.78, 5) is 18.5. The summed E-state index contributed by atoms with van der Waals surface area (Å²) in [5.41, 5.74) is 1.79. The first-order valence-corrected chi connectivity index (χ1v) is 13.5. The summed E-state index contributed by atoms with van der Waals surface area (Å²) in [6.45, 7) is 0.857. The highest BCUT2D eigenvalue weighted by Gasteiger charge is 2.50. The average Bonchev–Trinajstić information content (AvgIpc) is 3.38. The minimum Gasteiger partial charge on any atom is -0.382 e. The van der Waals surface area contributed by atoms with E-state index < -0.39 is 48.3 Å². The molecule has 1 heterocycles. The van der Waals surface area contributed by atoms with Crippen LogP contribution in [0.3, 0.4) is 0 Å². The fourth-order valence-electron chi connectivity index (χ4n) is 4.81. The quantitative estimate of drug-likeness (QED) is 0.172. The summed E-state index contributed by atoms with van der Waals surface area (Å²) in [5.74, 6) is -6.60. The molecule has 1 amide bonds. The van der Waals surface area contributed by atoms with Gasteiger partial charge < -0.3 is 14.5 Å². The monoisotopic (exact) mass is 601 g/mol. The van der Waals surface area contributed by atoms with Crippen molar-refractivity contribution in [3.63, 3.8) is 0 Å². The number of aliphatic hydroxyl groups excluding tert-OH is 1. The lowest BCUT2D eigenvalue weighted by Crippen LogP contribution is -2.46. The number of nitrogens with zero attached hydrogens (tertiary/aromatic N) is 3. The predicted molar refractivity (Wildman–Crippen MR) is 139 cm³/mol. The second kappa shape index (κ2) is 12.8. The summed E-state index contributed by atoms with van der Waals surface area (Å²) < 4.78 is 96.1. The van der Waals surface area contributed by atoms with Crippen LogP contribution in [0.25, 0.3) is 11.1 Å². The van der Waals surface area contributed by atoms with E-state index >= 15 is 0 Å². The number of hydrogen-bond donors (Lipinski definition) is 1. The summed E-state index contributed by atoms with van der Waals surface area (Å²) in [7, 11) is 0. The molecule has 6 nitrogen and oxygen atoms in total. The molecule has 13 heteroatoms. The Morgan fingerprint density at radius 1 is 1.02 bits per heavy atom. The molecule has 1 saturated carbocycles. The molecule has 0 spiro atoms. The van der Waals surface area contributed by atoms with Gasteiger partial charge >= 0.3 is 12.1 Å². The minimum absolute atomic E-state index is 0.0476. The van der Waals surface area contributed by atoms with Gasteiger partial charge in [-0.1, -0.05) is 48.0 Å². The SMILES string of the molecule is CC(F)(F)c1nc(CCCCCN(c2cccc(-c3ccc(C(O)C(F)F)cc3)c2)C(=O)[C@H]2C[C@H](C(F)(F)F)C2)no1. The van der Waals surface area contributed by atoms with E-state index in [1.165, 1.54) is 17.0 Å². The Bertz CT molecular complexity index is 1330. The van der Waals surface area contributed by atoms with Gasteiger partial charge in [-0.2, -0.15) is 26.9 Å². The Morgan fingerprint density at radius 2 is 1.71 bits per heavy atom. The van der Waals surface area contributed by atoms with E-state index in [9.17, 15) is 40.6 Å². The number of carbonyl (C=O) groups excluding carboxylic acids is 1. The summed E-state index contributed by atoms with van der Waals surface area (Å²) in [6, 6.07) is 12.7. The maximum absolute atomic E-state index is 13.4. The zero-order valence-electron chi connectivity index (χ0n) is 22.6. The van der Waals surface area contributed by atoms with E-state index in [1.807, 2.05) is 0 Å². The number of halogens is 7. The van der Waals surface area contributed by atoms with Gasteiger partial charge in [0.05, 0.1) is 5.92 Å². The Morgan fingerprint density at radius 3 is 2.31 bits per heavy atom. The lowest BCUT2D eigenvalue weighted by atomic mass is 9.73. The van der Waals surface area contributed by atoms with E-state index in [4.69, 9.17) is 0 Å². The number of rotatable bonds is 12. The highest BCUT2D eigenvalue weighted by atomic mass is 19.4. The predicted octanol–water partition coefficient (Wildman–Crippen LogP) is 7.48. The largest absolute Gasteiger partial charge is 0.391 e. The molecule has 1 fully saturated rings. The second-order valence-corrected chi connectivity index (χ2v) is 10.6. The van der Waals surface area contributed by atoms with Gasteiger partial charge in [0.2, 0.25) is 5.91 Å². The number of alkyl halides is 7. The van der Waals surface area contributed by atoms with Crippen molar-refractivity contribution in [2.45, 2.75) is 70.1 Å². The molecule has 42 heavy (non-hydrogen) atoms. The van der Waals surface area contributed by atoms with Gasteiger partial charge in [-0.3, -0.25) is 4.79 Å². The Balaban J connectivity index is 1.45. The molecule has 1 atom stereocenters. The summed E-state index contributed by atoms with van der Waals surface area (Å²) in [6.07, 6.45) is -7.97. The Hall–Kier alpha value is -3.48. The molecule has 0 aliphatic heterocycles. The third-order valence-electron chi connectivity index (χ3n) is 7.32. The van der Waals surface area contributed by atoms with Crippen LogP contribution in [-0.2, 0) is 17.1 Å². The number of carbonyl (C=O) groups is 1. The van der Waals surface area contributed by atoms with Crippen molar-refractivity contribution in [2.24, 2.45) is 11.8 Å². The minimum atomic E-state index is -4.36. The molecule has 1 aromatic heterocycles. The van der Waals surface area contributed by atoms with Crippen LogP contribution < -0.4 is 4.90 Å². The molecule has 1 aliphatic rings. The maximum atomic E-state index is 13.4. The molecule has 2 aromatic carbocycles. The molecule has 0 saturated heterocycles. The molecule has 1 aliphatic carbocycles. The van der Waals surface area contributed by atoms with Crippen LogP contribution in [0.15, 0.2) is 53.1 Å². The maximum Gasteiger partial charge on any atom is 0.391 e. The van der Waals surface area contributed by atoms with Crippen molar-refractivity contribution >= 4 is 11.6 Å². The van der Waals surface area contributed by atoms with Crippen LogP contribution in [0.1, 0.15) is 62.4 Å². The zero-order chi connectivity index (χ0) is 30.7. The Labute approximate surface area is 237 Å². The summed E-state index contributed by atoms with van der Waals surface area (Å²) >= 11 is 0. The van der Waals surface area contributed by atoms with Gasteiger partial charge in [0, 0.05) is 31.5 Å². The number of amides is 1. The number of hydrogen-bond acceptors (Lipinski definition) is 5. The lowest BCUT2D eigenvalue weighted by Gasteiger charge is -2.38. The van der Waals surface area contributed by atoms with Gasteiger partial charge in [0.15, 0.2) is 5.82 Å². The summed E-state index contributed by atoms with van der Waals surface area (Å²) in [5, 5.41) is 13.1. The third-order valence-corrected chi connectivity index (χ3v) is 7.32. The van der Waals surface area contributed by atoms with Crippen molar-refractivity contribution in [2.75, 3.05) is 11.4 Å². The zero-order valence-corrected chi connectivity index (χ0v) is 22.6. The number of unbranched alkanes of at least 4 members (excludes halogenated alkanes) is 2. The topological polar surface area (TPSA) is 79.5 Å². The van der Waals surface area contributed by atoms with Gasteiger partial charge in [0.1, 0.15) is 6.10 Å². The second-order valence-electron chi connectivity index (χ2n) is 10.6. The number of aliphatic hydroxyl groups is 1. The van der Waals surface area contributed by atoms with Crippen LogP contribution in [0, 0.1) is 11.8 Å². The van der Waals surface area contributed by atoms with Crippen molar-refractivity contribution in [1.29, 1.82) is 0 Å². The van der Waals surface area contributed by atoms with E-state index in [0.29, 0.717) is 43.0 Å². The highest BCUT2D eigenvalue weighted by molar-refractivity contribution is 5.96. The van der Waals surface area contributed by atoms with Crippen molar-refractivity contribution in [1.82, 2.24) is 10.1 Å². The first-order valence-electron chi connectivity index (χ1n) is 13.5. The number of aryl methyl sites for hydroxylation is 1.